The van der Waals surface area contributed by atoms with E-state index in [9.17, 15) is 0 Å². The Kier molecular flexibility index (Phi) is 4.11. The third-order valence-electron chi connectivity index (χ3n) is 2.83. The van der Waals surface area contributed by atoms with Crippen LogP contribution >= 0.6 is 43.2 Å². The van der Waals surface area contributed by atoms with Gasteiger partial charge in [0.25, 0.3) is 0 Å². The van der Waals surface area contributed by atoms with Crippen molar-refractivity contribution in [1.82, 2.24) is 0 Å². The third kappa shape index (κ3) is 2.83. The fourth-order valence-electron chi connectivity index (χ4n) is 1.82. The number of halogens is 2. The first-order chi connectivity index (χ1) is 7.99. The van der Waals surface area contributed by atoms with Crippen LogP contribution in [-0.4, -0.2) is 0 Å². The smallest absolute Gasteiger partial charge is 0.0740 e. The van der Waals surface area contributed by atoms with Gasteiger partial charge in [-0.15, -0.1) is 11.3 Å². The highest BCUT2D eigenvalue weighted by atomic mass is 79.9. The van der Waals surface area contributed by atoms with E-state index in [1.165, 1.54) is 30.9 Å². The molecule has 0 nitrogen and oxygen atoms in total. The van der Waals surface area contributed by atoms with Crippen molar-refractivity contribution in [1.29, 1.82) is 0 Å². The zero-order valence-corrected chi connectivity index (χ0v) is 14.0. The molecule has 0 bridgehead atoms. The molecule has 1 aromatic carbocycles. The predicted molar refractivity (Wildman–Crippen MR) is 83.4 cm³/mol. The summed E-state index contributed by atoms with van der Waals surface area (Å²) >= 11 is 9.24. The van der Waals surface area contributed by atoms with Crippen LogP contribution in [0.1, 0.15) is 31.3 Å². The number of hydrogen-bond donors (Lipinski definition) is 0. The van der Waals surface area contributed by atoms with Crippen molar-refractivity contribution in [2.75, 3.05) is 0 Å². The molecule has 0 aliphatic carbocycles. The molecular formula is C14H14Br2S. The van der Waals surface area contributed by atoms with Crippen LogP contribution < -0.4 is 0 Å². The summed E-state index contributed by atoms with van der Waals surface area (Å²) in [4.78, 5) is 3.02. The van der Waals surface area contributed by atoms with Crippen molar-refractivity contribution in [2.24, 2.45) is 0 Å². The summed E-state index contributed by atoms with van der Waals surface area (Å²) in [5.41, 5.74) is 3.95. The van der Waals surface area contributed by atoms with Crippen LogP contribution in [0.4, 0.5) is 0 Å². The first-order valence-corrected chi connectivity index (χ1v) is 7.98. The van der Waals surface area contributed by atoms with Crippen molar-refractivity contribution in [3.8, 4) is 0 Å². The maximum absolute atomic E-state index is 3.81. The van der Waals surface area contributed by atoms with Crippen molar-refractivity contribution in [3.63, 3.8) is 0 Å². The monoisotopic (exact) mass is 372 g/mol. The summed E-state index contributed by atoms with van der Waals surface area (Å²) < 4.78 is 1.18. The molecule has 0 saturated heterocycles. The van der Waals surface area contributed by atoms with Gasteiger partial charge in [0.1, 0.15) is 0 Å². The fourth-order valence-corrected chi connectivity index (χ4v) is 4.08. The molecule has 2 rings (SSSR count). The SMILES string of the molecule is Cc1ccc(C(Br)c2cc(C)c(Br)cc2C)s1. The van der Waals surface area contributed by atoms with Gasteiger partial charge in [0.15, 0.2) is 0 Å². The van der Waals surface area contributed by atoms with Crippen LogP contribution in [0.5, 0.6) is 0 Å². The molecule has 1 heterocycles. The molecule has 1 aromatic heterocycles. The van der Waals surface area contributed by atoms with Gasteiger partial charge in [0.05, 0.1) is 4.83 Å². The number of thiophene rings is 1. The van der Waals surface area contributed by atoms with Crippen LogP contribution in [-0.2, 0) is 0 Å². The largest absolute Gasteiger partial charge is 0.144 e. The minimum Gasteiger partial charge on any atom is -0.144 e. The first kappa shape index (κ1) is 13.3. The molecule has 0 saturated carbocycles. The molecular weight excluding hydrogens is 360 g/mol. The number of hydrogen-bond acceptors (Lipinski definition) is 1. The van der Waals surface area contributed by atoms with Crippen molar-refractivity contribution < 1.29 is 0 Å². The van der Waals surface area contributed by atoms with Crippen molar-refractivity contribution in [3.05, 3.63) is 55.2 Å². The lowest BCUT2D eigenvalue weighted by Crippen LogP contribution is -1.95. The second kappa shape index (κ2) is 5.25. The van der Waals surface area contributed by atoms with Gasteiger partial charge in [0, 0.05) is 14.2 Å². The van der Waals surface area contributed by atoms with Gasteiger partial charge >= 0.3 is 0 Å². The molecule has 0 fully saturated rings. The van der Waals surface area contributed by atoms with E-state index in [1.807, 2.05) is 11.3 Å². The molecule has 0 aliphatic heterocycles. The summed E-state index contributed by atoms with van der Waals surface area (Å²) in [6.45, 7) is 6.44. The van der Waals surface area contributed by atoms with E-state index in [0.717, 1.165) is 0 Å². The summed E-state index contributed by atoms with van der Waals surface area (Å²) in [5, 5.41) is 0. The summed E-state index contributed by atoms with van der Waals surface area (Å²) in [5.74, 6) is 0. The van der Waals surface area contributed by atoms with Gasteiger partial charge in [-0.05, 0) is 55.7 Å². The van der Waals surface area contributed by atoms with E-state index < -0.39 is 0 Å². The second-order valence-electron chi connectivity index (χ2n) is 4.27. The Morgan fingerprint density at radius 3 is 2.35 bits per heavy atom. The molecule has 1 atom stereocenters. The number of rotatable bonds is 2. The Balaban J connectivity index is 2.43. The Morgan fingerprint density at radius 1 is 1.06 bits per heavy atom. The van der Waals surface area contributed by atoms with E-state index in [-0.39, 0.29) is 0 Å². The molecule has 1 unspecified atom stereocenters. The number of benzene rings is 1. The molecule has 0 radical (unpaired) electrons. The zero-order valence-electron chi connectivity index (χ0n) is 10.1. The molecule has 0 amide bonds. The summed E-state index contributed by atoms with van der Waals surface area (Å²) in [6, 6.07) is 8.83. The Bertz CT molecular complexity index is 543. The second-order valence-corrected chi connectivity index (χ2v) is 7.36. The van der Waals surface area contributed by atoms with E-state index in [1.54, 1.807) is 0 Å². The van der Waals surface area contributed by atoms with E-state index in [4.69, 9.17) is 0 Å². The van der Waals surface area contributed by atoms with E-state index in [2.05, 4.69) is 76.9 Å². The molecule has 0 aliphatic rings. The van der Waals surface area contributed by atoms with Crippen LogP contribution in [0, 0.1) is 20.8 Å². The molecule has 0 spiro atoms. The Labute approximate surface area is 123 Å². The average Bonchev–Trinajstić information content (AvgIpc) is 2.69. The summed E-state index contributed by atoms with van der Waals surface area (Å²) in [7, 11) is 0. The Hall–Kier alpha value is -0.120. The minimum atomic E-state index is 0.299. The maximum Gasteiger partial charge on any atom is 0.0740 e. The van der Waals surface area contributed by atoms with Gasteiger partial charge < -0.3 is 0 Å². The fraction of sp³-hybridized carbons (Fsp3) is 0.286. The van der Waals surface area contributed by atoms with Crippen LogP contribution in [0.15, 0.2) is 28.7 Å². The summed E-state index contributed by atoms with van der Waals surface area (Å²) in [6.07, 6.45) is 0. The molecule has 2 aromatic rings. The molecule has 3 heteroatoms. The van der Waals surface area contributed by atoms with Crippen LogP contribution in [0.2, 0.25) is 0 Å². The maximum atomic E-state index is 3.81. The highest BCUT2D eigenvalue weighted by Crippen LogP contribution is 2.38. The van der Waals surface area contributed by atoms with Gasteiger partial charge in [-0.2, -0.15) is 0 Å². The minimum absolute atomic E-state index is 0.299. The lowest BCUT2D eigenvalue weighted by Gasteiger charge is -2.13. The molecule has 0 N–H and O–H groups in total. The lowest BCUT2D eigenvalue weighted by atomic mass is 10.0. The standard InChI is InChI=1S/C14H14Br2S/c1-8-7-12(15)9(2)6-11(8)14(16)13-5-4-10(3)17-13/h4-7,14H,1-3H3. The van der Waals surface area contributed by atoms with Gasteiger partial charge in [-0.25, -0.2) is 0 Å². The number of aryl methyl sites for hydroxylation is 3. The number of alkyl halides is 1. The van der Waals surface area contributed by atoms with Gasteiger partial charge in [-0.1, -0.05) is 37.9 Å². The lowest BCUT2D eigenvalue weighted by molar-refractivity contribution is 1.16. The predicted octanol–water partition coefficient (Wildman–Crippen LogP) is 5.92. The Morgan fingerprint density at radius 2 is 1.76 bits per heavy atom. The van der Waals surface area contributed by atoms with Crippen LogP contribution in [0.25, 0.3) is 0 Å². The highest BCUT2D eigenvalue weighted by Gasteiger charge is 2.15. The quantitative estimate of drug-likeness (QED) is 0.573. The topological polar surface area (TPSA) is 0 Å². The van der Waals surface area contributed by atoms with Crippen LogP contribution in [0.3, 0.4) is 0 Å². The van der Waals surface area contributed by atoms with Crippen molar-refractivity contribution in [2.45, 2.75) is 25.6 Å². The van der Waals surface area contributed by atoms with Crippen molar-refractivity contribution >= 4 is 43.2 Å². The first-order valence-electron chi connectivity index (χ1n) is 5.46. The van der Waals surface area contributed by atoms with Gasteiger partial charge in [0.2, 0.25) is 0 Å². The molecule has 17 heavy (non-hydrogen) atoms. The average molecular weight is 374 g/mol. The zero-order chi connectivity index (χ0) is 12.6. The van der Waals surface area contributed by atoms with Gasteiger partial charge in [-0.3, -0.25) is 0 Å². The normalized spacial score (nSPS) is 12.8. The third-order valence-corrected chi connectivity index (χ3v) is 6.04. The van der Waals surface area contributed by atoms with E-state index >= 15 is 0 Å². The van der Waals surface area contributed by atoms with E-state index in [0.29, 0.717) is 4.83 Å². The molecule has 90 valence electrons. The highest BCUT2D eigenvalue weighted by molar-refractivity contribution is 9.10.